The summed E-state index contributed by atoms with van der Waals surface area (Å²) < 4.78 is 2.10. The Labute approximate surface area is 106 Å². The van der Waals surface area contributed by atoms with Gasteiger partial charge in [0.05, 0.1) is 11.2 Å². The van der Waals surface area contributed by atoms with Crippen molar-refractivity contribution in [2.45, 2.75) is 31.2 Å². The average Bonchev–Trinajstić information content (AvgIpc) is 2.73. The average molecular weight is 249 g/mol. The monoisotopic (exact) mass is 249 g/mol. The molecule has 1 aromatic heterocycles. The fourth-order valence-electron chi connectivity index (χ4n) is 2.02. The van der Waals surface area contributed by atoms with E-state index in [9.17, 15) is 0 Å². The van der Waals surface area contributed by atoms with Crippen molar-refractivity contribution in [1.29, 1.82) is 0 Å². The summed E-state index contributed by atoms with van der Waals surface area (Å²) in [6.45, 7) is 3.77. The summed E-state index contributed by atoms with van der Waals surface area (Å²) in [5.74, 6) is 0. The maximum absolute atomic E-state index is 5.57. The summed E-state index contributed by atoms with van der Waals surface area (Å²) in [6.07, 6.45) is 4.05. The Morgan fingerprint density at radius 3 is 2.88 bits per heavy atom. The summed E-state index contributed by atoms with van der Waals surface area (Å²) >= 11 is 1.77. The van der Waals surface area contributed by atoms with Crippen LogP contribution in [0.1, 0.15) is 19.0 Å². The molecule has 2 N–H and O–H groups in total. The maximum atomic E-state index is 5.57. The molecular formula is C13H19N3S. The molecule has 4 heteroatoms. The van der Waals surface area contributed by atoms with Crippen LogP contribution >= 0.6 is 11.8 Å². The van der Waals surface area contributed by atoms with Crippen LogP contribution in [-0.4, -0.2) is 22.6 Å². The van der Waals surface area contributed by atoms with E-state index < -0.39 is 0 Å². The van der Waals surface area contributed by atoms with Gasteiger partial charge < -0.3 is 5.73 Å². The predicted octanol–water partition coefficient (Wildman–Crippen LogP) is 2.67. The van der Waals surface area contributed by atoms with Gasteiger partial charge in [-0.3, -0.25) is 4.68 Å². The largest absolute Gasteiger partial charge is 0.330 e. The molecule has 0 saturated heterocycles. The van der Waals surface area contributed by atoms with Gasteiger partial charge >= 0.3 is 0 Å². The van der Waals surface area contributed by atoms with Gasteiger partial charge in [0.15, 0.2) is 0 Å². The van der Waals surface area contributed by atoms with Crippen LogP contribution in [0.25, 0.3) is 10.9 Å². The standard InChI is InChI=1S/C13H19N3S/c1-3-12-11-6-5-10(17-2)9-13(11)16(15-12)8-4-7-14/h5-6,9H,3-4,7-8,14H2,1-2H3. The van der Waals surface area contributed by atoms with Crippen molar-refractivity contribution in [3.63, 3.8) is 0 Å². The quantitative estimate of drug-likeness (QED) is 0.829. The zero-order chi connectivity index (χ0) is 12.3. The summed E-state index contributed by atoms with van der Waals surface area (Å²) in [5.41, 5.74) is 7.99. The molecule has 92 valence electrons. The van der Waals surface area contributed by atoms with E-state index in [0.29, 0.717) is 6.54 Å². The third-order valence-electron chi connectivity index (χ3n) is 2.94. The van der Waals surface area contributed by atoms with Gasteiger partial charge in [-0.1, -0.05) is 6.92 Å². The van der Waals surface area contributed by atoms with Gasteiger partial charge in [-0.05, 0) is 43.8 Å². The molecule has 0 saturated carbocycles. The van der Waals surface area contributed by atoms with Crippen LogP contribution in [-0.2, 0) is 13.0 Å². The maximum Gasteiger partial charge on any atom is 0.0700 e. The highest BCUT2D eigenvalue weighted by atomic mass is 32.2. The fraction of sp³-hybridized carbons (Fsp3) is 0.462. The molecular weight excluding hydrogens is 230 g/mol. The number of fused-ring (bicyclic) bond motifs is 1. The highest BCUT2D eigenvalue weighted by molar-refractivity contribution is 7.98. The molecule has 0 aliphatic carbocycles. The predicted molar refractivity (Wildman–Crippen MR) is 74.6 cm³/mol. The van der Waals surface area contributed by atoms with E-state index in [0.717, 1.165) is 19.4 Å². The second kappa shape index (κ2) is 5.56. The summed E-state index contributed by atoms with van der Waals surface area (Å²) in [5, 5.41) is 5.95. The molecule has 2 aromatic rings. The molecule has 2 rings (SSSR count). The van der Waals surface area contributed by atoms with Crippen molar-refractivity contribution in [3.05, 3.63) is 23.9 Å². The number of nitrogens with zero attached hydrogens (tertiary/aromatic N) is 2. The molecule has 0 amide bonds. The van der Waals surface area contributed by atoms with Crippen LogP contribution in [0.3, 0.4) is 0 Å². The van der Waals surface area contributed by atoms with Crippen molar-refractivity contribution in [2.24, 2.45) is 5.73 Å². The van der Waals surface area contributed by atoms with Gasteiger partial charge in [-0.15, -0.1) is 11.8 Å². The Morgan fingerprint density at radius 2 is 2.24 bits per heavy atom. The number of benzene rings is 1. The summed E-state index contributed by atoms with van der Waals surface area (Å²) in [6, 6.07) is 6.58. The highest BCUT2D eigenvalue weighted by Crippen LogP contribution is 2.25. The number of rotatable bonds is 5. The lowest BCUT2D eigenvalue weighted by molar-refractivity contribution is 0.595. The molecule has 0 fully saturated rings. The van der Waals surface area contributed by atoms with Gasteiger partial charge in [-0.2, -0.15) is 5.10 Å². The number of thioether (sulfide) groups is 1. The Kier molecular flexibility index (Phi) is 4.07. The minimum atomic E-state index is 0.713. The van der Waals surface area contributed by atoms with Crippen molar-refractivity contribution < 1.29 is 0 Å². The lowest BCUT2D eigenvalue weighted by Gasteiger charge is -2.03. The van der Waals surface area contributed by atoms with Crippen molar-refractivity contribution in [1.82, 2.24) is 9.78 Å². The van der Waals surface area contributed by atoms with E-state index in [2.05, 4.69) is 41.2 Å². The Bertz CT molecular complexity index is 505. The molecule has 0 unspecified atom stereocenters. The van der Waals surface area contributed by atoms with Gasteiger partial charge in [0.25, 0.3) is 0 Å². The van der Waals surface area contributed by atoms with E-state index in [4.69, 9.17) is 5.73 Å². The molecule has 17 heavy (non-hydrogen) atoms. The lowest BCUT2D eigenvalue weighted by Crippen LogP contribution is -2.07. The van der Waals surface area contributed by atoms with Crippen molar-refractivity contribution >= 4 is 22.7 Å². The SMILES string of the molecule is CCc1nn(CCCN)c2cc(SC)ccc12. The molecule has 3 nitrogen and oxygen atoms in total. The lowest BCUT2D eigenvalue weighted by atomic mass is 10.2. The summed E-state index contributed by atoms with van der Waals surface area (Å²) in [7, 11) is 0. The first-order valence-electron chi connectivity index (χ1n) is 6.03. The van der Waals surface area contributed by atoms with Gasteiger partial charge in [0.1, 0.15) is 0 Å². The molecule has 0 spiro atoms. The van der Waals surface area contributed by atoms with Crippen LogP contribution in [0, 0.1) is 0 Å². The smallest absolute Gasteiger partial charge is 0.0700 e. The fourth-order valence-corrected chi connectivity index (χ4v) is 2.46. The van der Waals surface area contributed by atoms with E-state index >= 15 is 0 Å². The molecule has 0 atom stereocenters. The van der Waals surface area contributed by atoms with Gasteiger partial charge in [0, 0.05) is 16.8 Å². The Hall–Kier alpha value is -1.00. The van der Waals surface area contributed by atoms with Crippen LogP contribution in [0.2, 0.25) is 0 Å². The van der Waals surface area contributed by atoms with Crippen LogP contribution in [0.15, 0.2) is 23.1 Å². The minimum absolute atomic E-state index is 0.713. The molecule has 0 radical (unpaired) electrons. The normalized spacial score (nSPS) is 11.2. The van der Waals surface area contributed by atoms with E-state index in [1.165, 1.54) is 21.5 Å². The van der Waals surface area contributed by atoms with E-state index in [1.54, 1.807) is 11.8 Å². The third kappa shape index (κ3) is 2.48. The second-order valence-corrected chi connectivity index (χ2v) is 4.93. The first kappa shape index (κ1) is 12.5. The van der Waals surface area contributed by atoms with Crippen LogP contribution in [0.4, 0.5) is 0 Å². The first-order chi connectivity index (χ1) is 8.30. The topological polar surface area (TPSA) is 43.8 Å². The minimum Gasteiger partial charge on any atom is -0.330 e. The van der Waals surface area contributed by atoms with Gasteiger partial charge in [-0.25, -0.2) is 0 Å². The Balaban J connectivity index is 2.49. The molecule has 1 aromatic carbocycles. The van der Waals surface area contributed by atoms with Crippen molar-refractivity contribution in [3.8, 4) is 0 Å². The summed E-state index contributed by atoms with van der Waals surface area (Å²) in [4.78, 5) is 1.29. The molecule has 0 bridgehead atoms. The van der Waals surface area contributed by atoms with Crippen LogP contribution < -0.4 is 5.73 Å². The van der Waals surface area contributed by atoms with Crippen LogP contribution in [0.5, 0.6) is 0 Å². The first-order valence-corrected chi connectivity index (χ1v) is 7.26. The van der Waals surface area contributed by atoms with E-state index in [-0.39, 0.29) is 0 Å². The number of aryl methyl sites for hydroxylation is 2. The molecule has 1 heterocycles. The van der Waals surface area contributed by atoms with E-state index in [1.807, 2.05) is 0 Å². The zero-order valence-electron chi connectivity index (χ0n) is 10.4. The Morgan fingerprint density at radius 1 is 1.41 bits per heavy atom. The highest BCUT2D eigenvalue weighted by Gasteiger charge is 2.09. The van der Waals surface area contributed by atoms with Crippen molar-refractivity contribution in [2.75, 3.05) is 12.8 Å². The number of aromatic nitrogens is 2. The number of nitrogens with two attached hydrogens (primary N) is 1. The van der Waals surface area contributed by atoms with Gasteiger partial charge in [0.2, 0.25) is 0 Å². The zero-order valence-corrected chi connectivity index (χ0v) is 11.3. The second-order valence-electron chi connectivity index (χ2n) is 4.05. The number of hydrogen-bond donors (Lipinski definition) is 1. The molecule has 0 aliphatic heterocycles. The molecule has 0 aliphatic rings. The third-order valence-corrected chi connectivity index (χ3v) is 3.67. The number of hydrogen-bond acceptors (Lipinski definition) is 3.